The van der Waals surface area contributed by atoms with Crippen molar-refractivity contribution >= 4 is 39.8 Å². The van der Waals surface area contributed by atoms with Crippen LogP contribution in [0, 0.1) is 0 Å². The van der Waals surface area contributed by atoms with Gasteiger partial charge in [0.15, 0.2) is 11.5 Å². The molecule has 0 aliphatic heterocycles. The van der Waals surface area contributed by atoms with Crippen LogP contribution in [0.4, 0.5) is 0 Å². The number of benzene rings is 2. The van der Waals surface area contributed by atoms with Gasteiger partial charge in [0, 0.05) is 10.2 Å². The molecule has 0 radical (unpaired) electrons. The van der Waals surface area contributed by atoms with Crippen molar-refractivity contribution in [3.05, 3.63) is 58.1 Å². The summed E-state index contributed by atoms with van der Waals surface area (Å²) < 4.78 is 11.5. The minimum Gasteiger partial charge on any atom is -0.493 e. The molecule has 0 atom stereocenters. The third-order valence-electron chi connectivity index (χ3n) is 3.26. The number of carbonyl (C=O) groups excluding carboxylic acids is 1. The molecule has 1 N–H and O–H groups in total. The standard InChI is InChI=1S/C18H19BrN2O3S/c1-23-16-8-7-13(9-17(16)24-2)10-20-21-18(22)12-25-11-14-5-3-4-6-15(14)19/h3-10H,11-12H2,1-2H3,(H,21,22). The lowest BCUT2D eigenvalue weighted by atomic mass is 10.2. The molecule has 7 heteroatoms. The number of hydrazone groups is 1. The van der Waals surface area contributed by atoms with Crippen molar-refractivity contribution in [3.63, 3.8) is 0 Å². The van der Waals surface area contributed by atoms with E-state index in [1.807, 2.05) is 30.3 Å². The van der Waals surface area contributed by atoms with Crippen LogP contribution in [0.2, 0.25) is 0 Å². The number of carbonyl (C=O) groups is 1. The van der Waals surface area contributed by atoms with Gasteiger partial charge >= 0.3 is 0 Å². The maximum Gasteiger partial charge on any atom is 0.250 e. The summed E-state index contributed by atoms with van der Waals surface area (Å²) in [5.41, 5.74) is 4.49. The van der Waals surface area contributed by atoms with E-state index >= 15 is 0 Å². The van der Waals surface area contributed by atoms with Crippen LogP contribution in [0.3, 0.4) is 0 Å². The Morgan fingerprint density at radius 2 is 1.96 bits per heavy atom. The van der Waals surface area contributed by atoms with Gasteiger partial charge in [-0.25, -0.2) is 5.43 Å². The second kappa shape index (κ2) is 10.1. The molecule has 0 heterocycles. The lowest BCUT2D eigenvalue weighted by molar-refractivity contribution is -0.118. The summed E-state index contributed by atoms with van der Waals surface area (Å²) >= 11 is 5.03. The molecule has 0 fully saturated rings. The Balaban J connectivity index is 1.79. The van der Waals surface area contributed by atoms with Crippen molar-refractivity contribution in [3.8, 4) is 11.5 Å². The summed E-state index contributed by atoms with van der Waals surface area (Å²) in [4.78, 5) is 11.8. The highest BCUT2D eigenvalue weighted by molar-refractivity contribution is 9.10. The van der Waals surface area contributed by atoms with Gasteiger partial charge in [-0.3, -0.25) is 4.79 Å². The number of amides is 1. The third kappa shape index (κ3) is 6.10. The summed E-state index contributed by atoms with van der Waals surface area (Å²) in [5.74, 6) is 2.21. The zero-order valence-electron chi connectivity index (χ0n) is 14.0. The van der Waals surface area contributed by atoms with Crippen LogP contribution < -0.4 is 14.9 Å². The number of halogens is 1. The van der Waals surface area contributed by atoms with E-state index in [9.17, 15) is 4.79 Å². The zero-order chi connectivity index (χ0) is 18.1. The highest BCUT2D eigenvalue weighted by atomic mass is 79.9. The molecule has 1 amide bonds. The van der Waals surface area contributed by atoms with E-state index < -0.39 is 0 Å². The number of hydrogen-bond acceptors (Lipinski definition) is 5. The van der Waals surface area contributed by atoms with Crippen LogP contribution in [0.15, 0.2) is 52.0 Å². The smallest absolute Gasteiger partial charge is 0.250 e. The number of ether oxygens (including phenoxy) is 2. The highest BCUT2D eigenvalue weighted by Crippen LogP contribution is 2.26. The normalized spacial score (nSPS) is 10.7. The van der Waals surface area contributed by atoms with Crippen LogP contribution in [-0.2, 0) is 10.5 Å². The molecule has 132 valence electrons. The van der Waals surface area contributed by atoms with Crippen molar-refractivity contribution < 1.29 is 14.3 Å². The van der Waals surface area contributed by atoms with E-state index in [0.29, 0.717) is 17.3 Å². The highest BCUT2D eigenvalue weighted by Gasteiger charge is 2.04. The van der Waals surface area contributed by atoms with Crippen molar-refractivity contribution in [1.29, 1.82) is 0 Å². The minimum atomic E-state index is -0.145. The molecule has 0 saturated heterocycles. The second-order valence-corrected chi connectivity index (χ2v) is 6.83. The maximum atomic E-state index is 11.8. The fourth-order valence-corrected chi connectivity index (χ4v) is 3.45. The van der Waals surface area contributed by atoms with Gasteiger partial charge in [-0.15, -0.1) is 11.8 Å². The average molecular weight is 423 g/mol. The zero-order valence-corrected chi connectivity index (χ0v) is 16.4. The molecular formula is C18H19BrN2O3S. The Morgan fingerprint density at radius 1 is 1.20 bits per heavy atom. The maximum absolute atomic E-state index is 11.8. The molecule has 0 aliphatic rings. The summed E-state index contributed by atoms with van der Waals surface area (Å²) in [5, 5.41) is 3.97. The first-order valence-electron chi connectivity index (χ1n) is 7.49. The minimum absolute atomic E-state index is 0.145. The first kappa shape index (κ1) is 19.3. The van der Waals surface area contributed by atoms with Crippen molar-refractivity contribution in [1.82, 2.24) is 5.43 Å². The molecule has 0 unspecified atom stereocenters. The Labute approximate surface area is 159 Å². The van der Waals surface area contributed by atoms with E-state index in [2.05, 4.69) is 26.5 Å². The van der Waals surface area contributed by atoms with E-state index in [4.69, 9.17) is 9.47 Å². The predicted molar refractivity (Wildman–Crippen MR) is 106 cm³/mol. The quantitative estimate of drug-likeness (QED) is 0.518. The van der Waals surface area contributed by atoms with E-state index in [1.54, 1.807) is 32.6 Å². The SMILES string of the molecule is COc1ccc(C=NNC(=O)CSCc2ccccc2Br)cc1OC. The Hall–Kier alpha value is -1.99. The molecule has 5 nitrogen and oxygen atoms in total. The van der Waals surface area contributed by atoms with Crippen molar-refractivity contribution in [2.45, 2.75) is 5.75 Å². The molecule has 0 spiro atoms. The van der Waals surface area contributed by atoms with Crippen LogP contribution in [0.5, 0.6) is 11.5 Å². The van der Waals surface area contributed by atoms with Crippen LogP contribution in [0.25, 0.3) is 0 Å². The molecule has 25 heavy (non-hydrogen) atoms. The molecule has 2 rings (SSSR count). The second-order valence-electron chi connectivity index (χ2n) is 4.99. The lowest BCUT2D eigenvalue weighted by Gasteiger charge is -2.07. The van der Waals surface area contributed by atoms with E-state index in [1.165, 1.54) is 11.8 Å². The average Bonchev–Trinajstić information content (AvgIpc) is 2.63. The first-order valence-corrected chi connectivity index (χ1v) is 9.44. The molecule has 0 bridgehead atoms. The number of rotatable bonds is 8. The summed E-state index contributed by atoms with van der Waals surface area (Å²) in [6.45, 7) is 0. The monoisotopic (exact) mass is 422 g/mol. The van der Waals surface area contributed by atoms with Gasteiger partial charge in [-0.05, 0) is 35.4 Å². The number of thioether (sulfide) groups is 1. The predicted octanol–water partition coefficient (Wildman–Crippen LogP) is 3.85. The number of methoxy groups -OCH3 is 2. The number of hydrogen-bond donors (Lipinski definition) is 1. The molecular weight excluding hydrogens is 404 g/mol. The van der Waals surface area contributed by atoms with Gasteiger partial charge in [0.05, 0.1) is 26.2 Å². The van der Waals surface area contributed by atoms with Crippen LogP contribution >= 0.6 is 27.7 Å². The van der Waals surface area contributed by atoms with Gasteiger partial charge in [0.1, 0.15) is 0 Å². The fourth-order valence-electron chi connectivity index (χ4n) is 2.01. The molecule has 2 aromatic carbocycles. The number of nitrogens with zero attached hydrogens (tertiary/aromatic N) is 1. The Bertz CT molecular complexity index is 753. The summed E-state index contributed by atoms with van der Waals surface area (Å²) in [6, 6.07) is 13.4. The fraction of sp³-hybridized carbons (Fsp3) is 0.222. The lowest BCUT2D eigenvalue weighted by Crippen LogP contribution is -2.19. The van der Waals surface area contributed by atoms with Gasteiger partial charge in [0.2, 0.25) is 5.91 Å². The topological polar surface area (TPSA) is 59.9 Å². The molecule has 0 aliphatic carbocycles. The largest absolute Gasteiger partial charge is 0.493 e. The van der Waals surface area contributed by atoms with Gasteiger partial charge in [-0.2, -0.15) is 5.10 Å². The first-order chi connectivity index (χ1) is 12.1. The molecule has 0 saturated carbocycles. The summed E-state index contributed by atoms with van der Waals surface area (Å²) in [6.07, 6.45) is 1.57. The van der Waals surface area contributed by atoms with Crippen molar-refractivity contribution in [2.75, 3.05) is 20.0 Å². The Morgan fingerprint density at radius 3 is 2.68 bits per heavy atom. The van der Waals surface area contributed by atoms with Gasteiger partial charge in [-0.1, -0.05) is 34.1 Å². The molecule has 2 aromatic rings. The number of nitrogens with one attached hydrogen (secondary N) is 1. The van der Waals surface area contributed by atoms with Crippen LogP contribution in [0.1, 0.15) is 11.1 Å². The van der Waals surface area contributed by atoms with Gasteiger partial charge < -0.3 is 9.47 Å². The molecule has 0 aromatic heterocycles. The van der Waals surface area contributed by atoms with Crippen molar-refractivity contribution in [2.24, 2.45) is 5.10 Å². The van der Waals surface area contributed by atoms with E-state index in [-0.39, 0.29) is 5.91 Å². The van der Waals surface area contributed by atoms with Crippen LogP contribution in [-0.4, -0.2) is 32.1 Å². The van der Waals surface area contributed by atoms with E-state index in [0.717, 1.165) is 21.4 Å². The third-order valence-corrected chi connectivity index (χ3v) is 5.01. The Kier molecular flexibility index (Phi) is 7.81. The van der Waals surface area contributed by atoms with Gasteiger partial charge in [0.25, 0.3) is 0 Å². The summed E-state index contributed by atoms with van der Waals surface area (Å²) in [7, 11) is 3.15.